The van der Waals surface area contributed by atoms with Crippen LogP contribution in [-0.4, -0.2) is 19.6 Å². The van der Waals surface area contributed by atoms with Crippen molar-refractivity contribution >= 4 is 16.7 Å². The molecule has 1 aliphatic rings. The summed E-state index contributed by atoms with van der Waals surface area (Å²) in [5, 5.41) is 5.57. The number of carbonyl (C=O) groups is 1. The van der Waals surface area contributed by atoms with E-state index < -0.39 is 0 Å². The summed E-state index contributed by atoms with van der Waals surface area (Å²) in [6.45, 7) is 2.55. The molecule has 2 aromatic carbocycles. The van der Waals surface area contributed by atoms with E-state index in [1.54, 1.807) is 7.11 Å². The molecule has 104 valence electrons. The third kappa shape index (κ3) is 2.03. The number of amides is 1. The summed E-state index contributed by atoms with van der Waals surface area (Å²) in [7, 11) is 1.71. The predicted molar refractivity (Wildman–Crippen MR) is 80.2 cm³/mol. The standard InChI is InChI=1S/C17H19NO2/c1-3-15(19)18-10-13-9-12-6-4-5-11-7-8-14(20-2)17(13)16(11)12/h4-8,13H,3,9-10H2,1-2H3,(H,18,19)/t13-/m0/s1. The first-order chi connectivity index (χ1) is 9.74. The van der Waals surface area contributed by atoms with E-state index in [0.717, 1.165) is 12.2 Å². The van der Waals surface area contributed by atoms with E-state index in [2.05, 4.69) is 29.6 Å². The van der Waals surface area contributed by atoms with Crippen LogP contribution in [-0.2, 0) is 11.2 Å². The normalized spacial score (nSPS) is 16.4. The summed E-state index contributed by atoms with van der Waals surface area (Å²) in [6.07, 6.45) is 1.50. The molecule has 0 bridgehead atoms. The van der Waals surface area contributed by atoms with Crippen molar-refractivity contribution < 1.29 is 9.53 Å². The minimum absolute atomic E-state index is 0.104. The number of benzene rings is 2. The van der Waals surface area contributed by atoms with Crippen LogP contribution in [0.1, 0.15) is 30.4 Å². The molecule has 1 amide bonds. The Morgan fingerprint density at radius 1 is 1.35 bits per heavy atom. The van der Waals surface area contributed by atoms with Gasteiger partial charge in [-0.3, -0.25) is 4.79 Å². The second-order valence-electron chi connectivity index (χ2n) is 5.26. The quantitative estimate of drug-likeness (QED) is 0.926. The van der Waals surface area contributed by atoms with Crippen LogP contribution in [0.2, 0.25) is 0 Å². The van der Waals surface area contributed by atoms with Crippen molar-refractivity contribution in [1.29, 1.82) is 0 Å². The molecule has 0 unspecified atom stereocenters. The van der Waals surface area contributed by atoms with Crippen molar-refractivity contribution in [3.63, 3.8) is 0 Å². The van der Waals surface area contributed by atoms with Crippen molar-refractivity contribution in [2.24, 2.45) is 0 Å². The minimum atomic E-state index is 0.104. The molecule has 1 N–H and O–H groups in total. The zero-order valence-corrected chi connectivity index (χ0v) is 11.9. The van der Waals surface area contributed by atoms with Gasteiger partial charge in [0.05, 0.1) is 7.11 Å². The van der Waals surface area contributed by atoms with Gasteiger partial charge < -0.3 is 10.1 Å². The molecule has 1 aliphatic carbocycles. The Hall–Kier alpha value is -2.03. The summed E-state index contributed by atoms with van der Waals surface area (Å²) >= 11 is 0. The fraction of sp³-hybridized carbons (Fsp3) is 0.353. The first kappa shape index (κ1) is 13.0. The lowest BCUT2D eigenvalue weighted by molar-refractivity contribution is -0.120. The van der Waals surface area contributed by atoms with E-state index in [0.29, 0.717) is 18.9 Å². The summed E-state index contributed by atoms with van der Waals surface area (Å²) in [5.74, 6) is 1.34. The zero-order chi connectivity index (χ0) is 14.1. The Balaban J connectivity index is 2.01. The van der Waals surface area contributed by atoms with Crippen LogP contribution >= 0.6 is 0 Å². The largest absolute Gasteiger partial charge is 0.496 e. The number of carbonyl (C=O) groups excluding carboxylic acids is 1. The minimum Gasteiger partial charge on any atom is -0.496 e. The monoisotopic (exact) mass is 269 g/mol. The molecule has 0 saturated carbocycles. The number of rotatable bonds is 4. The highest BCUT2D eigenvalue weighted by atomic mass is 16.5. The molecule has 0 aromatic heterocycles. The number of hydrogen-bond acceptors (Lipinski definition) is 2. The smallest absolute Gasteiger partial charge is 0.219 e. The maximum absolute atomic E-state index is 11.5. The van der Waals surface area contributed by atoms with Crippen LogP contribution in [0, 0.1) is 0 Å². The predicted octanol–water partition coefficient (Wildman–Crippen LogP) is 3.01. The summed E-state index contributed by atoms with van der Waals surface area (Å²) in [5.41, 5.74) is 2.60. The van der Waals surface area contributed by atoms with E-state index >= 15 is 0 Å². The third-order valence-corrected chi connectivity index (χ3v) is 4.09. The van der Waals surface area contributed by atoms with Gasteiger partial charge in [0.15, 0.2) is 0 Å². The Bertz CT molecular complexity index is 663. The van der Waals surface area contributed by atoms with Crippen molar-refractivity contribution in [3.8, 4) is 5.75 Å². The van der Waals surface area contributed by atoms with E-state index in [1.807, 2.05) is 13.0 Å². The lowest BCUT2D eigenvalue weighted by Crippen LogP contribution is -2.27. The van der Waals surface area contributed by atoms with Gasteiger partial charge in [0.25, 0.3) is 0 Å². The Morgan fingerprint density at radius 2 is 2.20 bits per heavy atom. The van der Waals surface area contributed by atoms with Crippen molar-refractivity contribution in [2.45, 2.75) is 25.7 Å². The summed E-state index contributed by atoms with van der Waals surface area (Å²) in [6, 6.07) is 10.5. The van der Waals surface area contributed by atoms with E-state index in [9.17, 15) is 4.79 Å². The van der Waals surface area contributed by atoms with Gasteiger partial charge in [-0.1, -0.05) is 31.2 Å². The maximum atomic E-state index is 11.5. The number of methoxy groups -OCH3 is 1. The summed E-state index contributed by atoms with van der Waals surface area (Å²) in [4.78, 5) is 11.5. The highest BCUT2D eigenvalue weighted by molar-refractivity contribution is 5.93. The Labute approximate surface area is 118 Å². The topological polar surface area (TPSA) is 38.3 Å². The highest BCUT2D eigenvalue weighted by Crippen LogP contribution is 2.43. The average molecular weight is 269 g/mol. The molecular formula is C17H19NO2. The lowest BCUT2D eigenvalue weighted by Gasteiger charge is -2.15. The molecule has 20 heavy (non-hydrogen) atoms. The van der Waals surface area contributed by atoms with Crippen LogP contribution in [0.15, 0.2) is 30.3 Å². The van der Waals surface area contributed by atoms with Gasteiger partial charge in [-0.25, -0.2) is 0 Å². The Morgan fingerprint density at radius 3 is 2.95 bits per heavy atom. The molecule has 3 heteroatoms. The zero-order valence-electron chi connectivity index (χ0n) is 11.9. The molecule has 0 heterocycles. The van der Waals surface area contributed by atoms with Gasteiger partial charge in [0.1, 0.15) is 5.75 Å². The molecule has 0 spiro atoms. The lowest BCUT2D eigenvalue weighted by atomic mass is 9.98. The second-order valence-corrected chi connectivity index (χ2v) is 5.26. The molecule has 2 aromatic rings. The van der Waals surface area contributed by atoms with Crippen molar-refractivity contribution in [1.82, 2.24) is 5.32 Å². The molecule has 0 aliphatic heterocycles. The van der Waals surface area contributed by atoms with E-state index in [1.165, 1.54) is 21.9 Å². The number of hydrogen-bond donors (Lipinski definition) is 1. The van der Waals surface area contributed by atoms with Gasteiger partial charge in [-0.15, -0.1) is 0 Å². The van der Waals surface area contributed by atoms with Gasteiger partial charge >= 0.3 is 0 Å². The molecule has 1 atom stereocenters. The molecule has 3 nitrogen and oxygen atoms in total. The van der Waals surface area contributed by atoms with E-state index in [4.69, 9.17) is 4.74 Å². The van der Waals surface area contributed by atoms with Crippen LogP contribution in [0.3, 0.4) is 0 Å². The van der Waals surface area contributed by atoms with Crippen molar-refractivity contribution in [2.75, 3.05) is 13.7 Å². The summed E-state index contributed by atoms with van der Waals surface area (Å²) < 4.78 is 5.53. The number of ether oxygens (including phenoxy) is 1. The molecule has 0 radical (unpaired) electrons. The van der Waals surface area contributed by atoms with Gasteiger partial charge in [-0.05, 0) is 28.8 Å². The highest BCUT2D eigenvalue weighted by Gasteiger charge is 2.27. The first-order valence-electron chi connectivity index (χ1n) is 7.09. The number of nitrogens with one attached hydrogen (secondary N) is 1. The molecule has 0 saturated heterocycles. The Kier molecular flexibility index (Phi) is 3.35. The first-order valence-corrected chi connectivity index (χ1v) is 7.09. The molecule has 3 rings (SSSR count). The SMILES string of the molecule is CCC(=O)NC[C@@H]1Cc2cccc3ccc(OC)c1c23. The van der Waals surface area contributed by atoms with Crippen LogP contribution in [0.4, 0.5) is 0 Å². The van der Waals surface area contributed by atoms with Gasteiger partial charge in [-0.2, -0.15) is 0 Å². The average Bonchev–Trinajstić information content (AvgIpc) is 2.86. The van der Waals surface area contributed by atoms with Gasteiger partial charge in [0.2, 0.25) is 5.91 Å². The van der Waals surface area contributed by atoms with E-state index in [-0.39, 0.29) is 5.91 Å². The van der Waals surface area contributed by atoms with Crippen molar-refractivity contribution in [3.05, 3.63) is 41.5 Å². The fourth-order valence-corrected chi connectivity index (χ4v) is 3.12. The van der Waals surface area contributed by atoms with Crippen LogP contribution in [0.5, 0.6) is 5.75 Å². The third-order valence-electron chi connectivity index (χ3n) is 4.09. The van der Waals surface area contributed by atoms with Crippen LogP contribution < -0.4 is 10.1 Å². The molecule has 0 fully saturated rings. The molecular weight excluding hydrogens is 250 g/mol. The maximum Gasteiger partial charge on any atom is 0.219 e. The van der Waals surface area contributed by atoms with Gasteiger partial charge in [0, 0.05) is 24.4 Å². The van der Waals surface area contributed by atoms with Crippen LogP contribution in [0.25, 0.3) is 10.8 Å². The fourth-order valence-electron chi connectivity index (χ4n) is 3.12. The second kappa shape index (κ2) is 5.16.